The van der Waals surface area contributed by atoms with Crippen LogP contribution in [0, 0.1) is 0 Å². The van der Waals surface area contributed by atoms with Crippen molar-refractivity contribution in [2.45, 2.75) is 20.0 Å². The van der Waals surface area contributed by atoms with Crippen LogP contribution in [-0.2, 0) is 13.1 Å². The van der Waals surface area contributed by atoms with Gasteiger partial charge in [0.05, 0.1) is 17.8 Å². The Labute approximate surface area is 130 Å². The fourth-order valence-corrected chi connectivity index (χ4v) is 3.72. The fraction of sp³-hybridized carbons (Fsp3) is 0.267. The molecule has 20 heavy (non-hydrogen) atoms. The highest BCUT2D eigenvalue weighted by molar-refractivity contribution is 9.10. The summed E-state index contributed by atoms with van der Waals surface area (Å²) in [6.07, 6.45) is 0. The van der Waals surface area contributed by atoms with E-state index in [1.807, 2.05) is 0 Å². The maximum Gasteiger partial charge on any atom is 0.0841 e. The van der Waals surface area contributed by atoms with Gasteiger partial charge in [0.2, 0.25) is 0 Å². The molecule has 0 aliphatic heterocycles. The van der Waals surface area contributed by atoms with Gasteiger partial charge in [0, 0.05) is 21.3 Å². The number of benzene rings is 1. The minimum atomic E-state index is 0.810. The molecule has 3 rings (SSSR count). The van der Waals surface area contributed by atoms with Gasteiger partial charge in [-0.1, -0.05) is 25.1 Å². The number of nitrogens with zero attached hydrogens (tertiary/aromatic N) is 2. The topological polar surface area (TPSA) is 29.9 Å². The highest BCUT2D eigenvalue weighted by Gasteiger charge is 2.11. The van der Waals surface area contributed by atoms with E-state index in [0.717, 1.165) is 29.8 Å². The lowest BCUT2D eigenvalue weighted by molar-refractivity contribution is 0.660. The number of para-hydroxylation sites is 1. The minimum Gasteiger partial charge on any atom is -0.311 e. The largest absolute Gasteiger partial charge is 0.311 e. The summed E-state index contributed by atoms with van der Waals surface area (Å²) in [4.78, 5) is 1.30. The van der Waals surface area contributed by atoms with Gasteiger partial charge in [-0.3, -0.25) is 4.68 Å². The Balaban J connectivity index is 2.00. The van der Waals surface area contributed by atoms with Crippen molar-refractivity contribution in [3.05, 3.63) is 50.8 Å². The summed E-state index contributed by atoms with van der Waals surface area (Å²) < 4.78 is 3.26. The lowest BCUT2D eigenvalue weighted by Gasteiger charge is -2.02. The molecule has 5 heteroatoms. The molecule has 0 spiro atoms. The van der Waals surface area contributed by atoms with Crippen LogP contribution in [0.2, 0.25) is 0 Å². The molecule has 0 fully saturated rings. The van der Waals surface area contributed by atoms with Crippen molar-refractivity contribution in [2.75, 3.05) is 6.54 Å². The molecule has 3 nitrogen and oxygen atoms in total. The lowest BCUT2D eigenvalue weighted by atomic mass is 10.2. The molecule has 0 bridgehead atoms. The molecular weight excluding hydrogens is 334 g/mol. The molecule has 1 aromatic carbocycles. The van der Waals surface area contributed by atoms with E-state index < -0.39 is 0 Å². The number of halogens is 1. The zero-order valence-electron chi connectivity index (χ0n) is 11.3. The van der Waals surface area contributed by atoms with Gasteiger partial charge in [-0.15, -0.1) is 11.3 Å². The number of fused-ring (bicyclic) bond motifs is 1. The maximum atomic E-state index is 4.78. The lowest BCUT2D eigenvalue weighted by Crippen LogP contribution is -2.12. The van der Waals surface area contributed by atoms with E-state index >= 15 is 0 Å². The predicted molar refractivity (Wildman–Crippen MR) is 88.2 cm³/mol. The van der Waals surface area contributed by atoms with Crippen LogP contribution < -0.4 is 5.32 Å². The summed E-state index contributed by atoms with van der Waals surface area (Å²) in [5.41, 5.74) is 2.32. The van der Waals surface area contributed by atoms with Crippen molar-refractivity contribution in [3.63, 3.8) is 0 Å². The van der Waals surface area contributed by atoms with Crippen molar-refractivity contribution in [2.24, 2.45) is 0 Å². The van der Waals surface area contributed by atoms with E-state index in [-0.39, 0.29) is 0 Å². The van der Waals surface area contributed by atoms with Crippen LogP contribution >= 0.6 is 27.3 Å². The molecule has 0 atom stereocenters. The van der Waals surface area contributed by atoms with Gasteiger partial charge in [-0.05, 0) is 40.0 Å². The predicted octanol–water partition coefficient (Wildman–Crippen LogP) is 4.02. The molecule has 0 aliphatic carbocycles. The number of aromatic nitrogens is 2. The Bertz CT molecular complexity index is 717. The summed E-state index contributed by atoms with van der Waals surface area (Å²) in [7, 11) is 0. The van der Waals surface area contributed by atoms with Gasteiger partial charge in [0.1, 0.15) is 0 Å². The normalized spacial score (nSPS) is 11.3. The van der Waals surface area contributed by atoms with Crippen molar-refractivity contribution in [1.29, 1.82) is 0 Å². The first-order valence-corrected chi connectivity index (χ1v) is 8.34. The van der Waals surface area contributed by atoms with E-state index in [2.05, 4.69) is 68.6 Å². The van der Waals surface area contributed by atoms with E-state index in [4.69, 9.17) is 5.10 Å². The molecule has 3 aromatic rings. The Morgan fingerprint density at radius 3 is 2.90 bits per heavy atom. The molecule has 1 N–H and O–H groups in total. The van der Waals surface area contributed by atoms with Crippen LogP contribution in [0.4, 0.5) is 0 Å². The molecule has 0 amide bonds. The second-order valence-electron chi connectivity index (χ2n) is 4.59. The first-order chi connectivity index (χ1) is 9.79. The molecule has 0 saturated carbocycles. The molecule has 0 unspecified atom stereocenters. The van der Waals surface area contributed by atoms with Crippen LogP contribution in [0.25, 0.3) is 10.9 Å². The Hall–Kier alpha value is -1.17. The summed E-state index contributed by atoms with van der Waals surface area (Å²) in [5.74, 6) is 0. The zero-order chi connectivity index (χ0) is 13.9. The van der Waals surface area contributed by atoms with Gasteiger partial charge in [-0.2, -0.15) is 5.10 Å². The minimum absolute atomic E-state index is 0.810. The van der Waals surface area contributed by atoms with Gasteiger partial charge in [0.15, 0.2) is 0 Å². The van der Waals surface area contributed by atoms with Crippen molar-refractivity contribution in [1.82, 2.24) is 15.1 Å². The fourth-order valence-electron chi connectivity index (χ4n) is 2.26. The summed E-state index contributed by atoms with van der Waals surface area (Å²) in [5, 5.41) is 11.5. The maximum absolute atomic E-state index is 4.78. The number of thiophene rings is 1. The molecule has 2 heterocycles. The average molecular weight is 350 g/mol. The third kappa shape index (κ3) is 2.66. The number of nitrogens with one attached hydrogen (secondary N) is 1. The summed E-state index contributed by atoms with van der Waals surface area (Å²) in [6, 6.07) is 10.5. The second-order valence-corrected chi connectivity index (χ2v) is 6.45. The molecule has 104 valence electrons. The van der Waals surface area contributed by atoms with Crippen LogP contribution in [0.15, 0.2) is 40.2 Å². The monoisotopic (exact) mass is 349 g/mol. The summed E-state index contributed by atoms with van der Waals surface area (Å²) >= 11 is 5.35. The zero-order valence-corrected chi connectivity index (χ0v) is 13.7. The standard InChI is InChI=1S/C15H16BrN3S/c1-2-17-9-13-11-5-3-4-6-14(11)19(18-13)10-15-12(16)7-8-20-15/h3-8,17H,2,9-10H2,1H3. The third-order valence-electron chi connectivity index (χ3n) is 3.26. The van der Waals surface area contributed by atoms with Crippen LogP contribution in [-0.4, -0.2) is 16.3 Å². The first-order valence-electron chi connectivity index (χ1n) is 6.66. The number of hydrogen-bond donors (Lipinski definition) is 1. The van der Waals surface area contributed by atoms with Crippen LogP contribution in [0.3, 0.4) is 0 Å². The quantitative estimate of drug-likeness (QED) is 0.753. The molecule has 0 saturated heterocycles. The summed E-state index contributed by atoms with van der Waals surface area (Å²) in [6.45, 7) is 4.69. The average Bonchev–Trinajstić information content (AvgIpc) is 3.02. The van der Waals surface area contributed by atoms with Crippen molar-refractivity contribution < 1.29 is 0 Å². The number of hydrogen-bond acceptors (Lipinski definition) is 3. The Kier molecular flexibility index (Phi) is 4.19. The van der Waals surface area contributed by atoms with Crippen molar-refractivity contribution >= 4 is 38.2 Å². The second kappa shape index (κ2) is 6.08. The Morgan fingerprint density at radius 1 is 1.30 bits per heavy atom. The van der Waals surface area contributed by atoms with Gasteiger partial charge in [0.25, 0.3) is 0 Å². The van der Waals surface area contributed by atoms with E-state index in [0.29, 0.717) is 0 Å². The van der Waals surface area contributed by atoms with Crippen molar-refractivity contribution in [3.8, 4) is 0 Å². The highest BCUT2D eigenvalue weighted by atomic mass is 79.9. The molecule has 2 aromatic heterocycles. The molecule has 0 aliphatic rings. The molecule has 0 radical (unpaired) electrons. The SMILES string of the molecule is CCNCc1nn(Cc2sccc2Br)c2ccccc12. The highest BCUT2D eigenvalue weighted by Crippen LogP contribution is 2.26. The van der Waals surface area contributed by atoms with E-state index in [1.54, 1.807) is 11.3 Å². The van der Waals surface area contributed by atoms with Crippen LogP contribution in [0.5, 0.6) is 0 Å². The van der Waals surface area contributed by atoms with Gasteiger partial charge in [-0.25, -0.2) is 0 Å². The third-order valence-corrected chi connectivity index (χ3v) is 5.17. The number of rotatable bonds is 5. The Morgan fingerprint density at radius 2 is 2.15 bits per heavy atom. The smallest absolute Gasteiger partial charge is 0.0841 e. The van der Waals surface area contributed by atoms with Gasteiger partial charge < -0.3 is 5.32 Å². The molecular formula is C15H16BrN3S. The van der Waals surface area contributed by atoms with Crippen LogP contribution in [0.1, 0.15) is 17.5 Å². The first kappa shape index (κ1) is 13.8. The van der Waals surface area contributed by atoms with E-state index in [1.165, 1.54) is 15.8 Å². The van der Waals surface area contributed by atoms with Gasteiger partial charge >= 0.3 is 0 Å². The van der Waals surface area contributed by atoms with E-state index in [9.17, 15) is 0 Å².